The van der Waals surface area contributed by atoms with Gasteiger partial charge in [-0.2, -0.15) is 0 Å². The van der Waals surface area contributed by atoms with Crippen LogP contribution in [0.1, 0.15) is 48.3 Å². The first-order valence-corrected chi connectivity index (χ1v) is 8.56. The van der Waals surface area contributed by atoms with Crippen LogP contribution >= 0.6 is 0 Å². The Balaban J connectivity index is 1.95. The number of aliphatic hydroxyl groups is 1. The lowest BCUT2D eigenvalue weighted by Gasteiger charge is -2.50. The van der Waals surface area contributed by atoms with Crippen molar-refractivity contribution in [1.82, 2.24) is 4.98 Å². The molecule has 132 valence electrons. The number of methoxy groups -OCH3 is 1. The van der Waals surface area contributed by atoms with Gasteiger partial charge in [0, 0.05) is 31.3 Å². The van der Waals surface area contributed by atoms with Crippen LogP contribution in [0.15, 0.2) is 6.07 Å². The van der Waals surface area contributed by atoms with Crippen LogP contribution in [0.5, 0.6) is 0 Å². The fraction of sp³-hybridized carbons (Fsp3) is 0.667. The molecule has 1 aromatic rings. The summed E-state index contributed by atoms with van der Waals surface area (Å²) < 4.78 is 5.23. The van der Waals surface area contributed by atoms with Crippen LogP contribution in [0.25, 0.3) is 0 Å². The van der Waals surface area contributed by atoms with Gasteiger partial charge in [0.2, 0.25) is 0 Å². The predicted octanol–water partition coefficient (Wildman–Crippen LogP) is 1.28. The second kappa shape index (κ2) is 6.01. The first-order chi connectivity index (χ1) is 11.3. The van der Waals surface area contributed by atoms with E-state index >= 15 is 0 Å². The number of hydrogen-bond donors (Lipinski definition) is 2. The fourth-order valence-electron chi connectivity index (χ4n) is 3.93. The average molecular weight is 333 g/mol. The Hall–Kier alpha value is -1.66. The second-order valence-electron chi connectivity index (χ2n) is 7.70. The molecule has 0 saturated carbocycles. The van der Waals surface area contributed by atoms with Crippen LogP contribution in [0.3, 0.4) is 0 Å². The third-order valence-corrected chi connectivity index (χ3v) is 5.62. The zero-order valence-corrected chi connectivity index (χ0v) is 14.8. The van der Waals surface area contributed by atoms with Crippen molar-refractivity contribution in [2.75, 3.05) is 31.7 Å². The van der Waals surface area contributed by atoms with E-state index in [0.717, 1.165) is 30.5 Å². The summed E-state index contributed by atoms with van der Waals surface area (Å²) in [5, 5.41) is 10.9. The van der Waals surface area contributed by atoms with E-state index in [9.17, 15) is 9.90 Å². The number of nitrogens with zero attached hydrogens (tertiary/aromatic N) is 2. The van der Waals surface area contributed by atoms with E-state index < -0.39 is 16.9 Å². The summed E-state index contributed by atoms with van der Waals surface area (Å²) in [7, 11) is 1.60. The minimum Gasteiger partial charge on any atom is -0.387 e. The number of carbonyl (C=O) groups is 1. The molecule has 3 N–H and O–H groups in total. The van der Waals surface area contributed by atoms with Gasteiger partial charge in [-0.15, -0.1) is 0 Å². The minimum atomic E-state index is -0.887. The molecule has 24 heavy (non-hydrogen) atoms. The van der Waals surface area contributed by atoms with Crippen LogP contribution in [0, 0.1) is 5.41 Å². The predicted molar refractivity (Wildman–Crippen MR) is 92.2 cm³/mol. The number of nitrogens with two attached hydrogens (primary N) is 1. The van der Waals surface area contributed by atoms with Crippen LogP contribution in [-0.2, 0) is 17.6 Å². The Kier molecular flexibility index (Phi) is 4.30. The maximum absolute atomic E-state index is 11.9. The number of aromatic nitrogens is 1. The van der Waals surface area contributed by atoms with Gasteiger partial charge in [-0.3, -0.25) is 4.79 Å². The van der Waals surface area contributed by atoms with Gasteiger partial charge in [0.05, 0.1) is 17.8 Å². The fourth-order valence-corrected chi connectivity index (χ4v) is 3.93. The summed E-state index contributed by atoms with van der Waals surface area (Å²) in [5.41, 5.74) is 7.03. The molecule has 0 radical (unpaired) electrons. The quantitative estimate of drug-likeness (QED) is 0.866. The van der Waals surface area contributed by atoms with E-state index in [-0.39, 0.29) is 0 Å². The van der Waals surface area contributed by atoms with Gasteiger partial charge in [-0.25, -0.2) is 4.98 Å². The summed E-state index contributed by atoms with van der Waals surface area (Å²) in [6, 6.07) is 1.91. The molecule has 1 aliphatic carbocycles. The van der Waals surface area contributed by atoms with Crippen molar-refractivity contribution in [3.05, 3.63) is 22.9 Å². The zero-order valence-electron chi connectivity index (χ0n) is 14.8. The van der Waals surface area contributed by atoms with Crippen molar-refractivity contribution < 1.29 is 14.6 Å². The number of anilines is 1. The third kappa shape index (κ3) is 2.78. The summed E-state index contributed by atoms with van der Waals surface area (Å²) in [6.45, 7) is 5.56. The minimum absolute atomic E-state index is 0.300. The highest BCUT2D eigenvalue weighted by molar-refractivity contribution is 5.98. The molecule has 6 nitrogen and oxygen atoms in total. The Morgan fingerprint density at radius 1 is 1.46 bits per heavy atom. The van der Waals surface area contributed by atoms with Crippen LogP contribution < -0.4 is 10.6 Å². The molecule has 0 bridgehead atoms. The topological polar surface area (TPSA) is 88.7 Å². The molecule has 0 spiro atoms. The highest BCUT2D eigenvalue weighted by atomic mass is 16.5. The van der Waals surface area contributed by atoms with Crippen molar-refractivity contribution in [2.45, 2.75) is 45.1 Å². The molecule has 1 saturated heterocycles. The first kappa shape index (κ1) is 17.2. The molecule has 2 heterocycles. The molecule has 1 atom stereocenters. The lowest BCUT2D eigenvalue weighted by molar-refractivity contribution is -0.122. The number of aryl methyl sites for hydroxylation is 2. The molecule has 1 amide bonds. The van der Waals surface area contributed by atoms with E-state index in [1.807, 2.05) is 19.9 Å². The SMILES string of the molecule is COCC1(O)CCN(c2nc3c(cc2C(N)=O)CCC3)CC1(C)C. The van der Waals surface area contributed by atoms with Crippen molar-refractivity contribution in [2.24, 2.45) is 11.1 Å². The van der Waals surface area contributed by atoms with Gasteiger partial charge in [0.15, 0.2) is 0 Å². The Morgan fingerprint density at radius 2 is 2.21 bits per heavy atom. The maximum atomic E-state index is 11.9. The Labute approximate surface area is 143 Å². The number of fused-ring (bicyclic) bond motifs is 1. The highest BCUT2D eigenvalue weighted by Gasteiger charge is 2.48. The van der Waals surface area contributed by atoms with E-state index in [0.29, 0.717) is 37.5 Å². The number of hydrogen-bond acceptors (Lipinski definition) is 5. The monoisotopic (exact) mass is 333 g/mol. The van der Waals surface area contributed by atoms with Crippen molar-refractivity contribution >= 4 is 11.7 Å². The molecular weight excluding hydrogens is 306 g/mol. The van der Waals surface area contributed by atoms with E-state index in [1.54, 1.807) is 7.11 Å². The summed E-state index contributed by atoms with van der Waals surface area (Å²) in [6.07, 6.45) is 3.54. The molecule has 1 aromatic heterocycles. The van der Waals surface area contributed by atoms with Gasteiger partial charge < -0.3 is 20.5 Å². The number of pyridine rings is 1. The number of carbonyl (C=O) groups excluding carboxylic acids is 1. The van der Waals surface area contributed by atoms with Gasteiger partial charge in [0.25, 0.3) is 5.91 Å². The second-order valence-corrected chi connectivity index (χ2v) is 7.70. The number of rotatable bonds is 4. The largest absolute Gasteiger partial charge is 0.387 e. The number of ether oxygens (including phenoxy) is 1. The number of primary amides is 1. The van der Waals surface area contributed by atoms with Gasteiger partial charge in [-0.05, 0) is 37.3 Å². The molecule has 6 heteroatoms. The van der Waals surface area contributed by atoms with E-state index in [4.69, 9.17) is 15.5 Å². The van der Waals surface area contributed by atoms with Crippen LogP contribution in [0.2, 0.25) is 0 Å². The molecular formula is C18H27N3O3. The van der Waals surface area contributed by atoms with Crippen molar-refractivity contribution in [3.8, 4) is 0 Å². The highest BCUT2D eigenvalue weighted by Crippen LogP contribution is 2.41. The average Bonchev–Trinajstić information content (AvgIpc) is 2.96. The lowest BCUT2D eigenvalue weighted by atomic mass is 9.70. The molecule has 1 fully saturated rings. The smallest absolute Gasteiger partial charge is 0.252 e. The molecule has 1 aliphatic heterocycles. The summed E-state index contributed by atoms with van der Waals surface area (Å²) >= 11 is 0. The summed E-state index contributed by atoms with van der Waals surface area (Å²) in [4.78, 5) is 18.8. The lowest BCUT2D eigenvalue weighted by Crippen LogP contribution is -2.60. The van der Waals surface area contributed by atoms with Crippen molar-refractivity contribution in [3.63, 3.8) is 0 Å². The normalized spacial score (nSPS) is 25.6. The van der Waals surface area contributed by atoms with Gasteiger partial charge in [0.1, 0.15) is 5.82 Å². The van der Waals surface area contributed by atoms with Crippen molar-refractivity contribution in [1.29, 1.82) is 0 Å². The van der Waals surface area contributed by atoms with Crippen LogP contribution in [0.4, 0.5) is 5.82 Å². The number of piperidine rings is 1. The Morgan fingerprint density at radius 3 is 2.83 bits per heavy atom. The third-order valence-electron chi connectivity index (χ3n) is 5.62. The first-order valence-electron chi connectivity index (χ1n) is 8.56. The molecule has 0 aromatic carbocycles. The maximum Gasteiger partial charge on any atom is 0.252 e. The molecule has 1 unspecified atom stereocenters. The van der Waals surface area contributed by atoms with E-state index in [1.165, 1.54) is 0 Å². The van der Waals surface area contributed by atoms with E-state index in [2.05, 4.69) is 4.90 Å². The molecule has 2 aliphatic rings. The van der Waals surface area contributed by atoms with Crippen LogP contribution in [-0.4, -0.2) is 48.4 Å². The summed E-state index contributed by atoms with van der Waals surface area (Å²) in [5.74, 6) is 0.221. The zero-order chi connectivity index (χ0) is 17.5. The van der Waals surface area contributed by atoms with Gasteiger partial charge in [-0.1, -0.05) is 13.8 Å². The molecule has 3 rings (SSSR count). The number of amides is 1. The Bertz CT molecular complexity index is 659. The standard InChI is InChI=1S/C18H27N3O3/c1-17(2)10-21(8-7-18(17,23)11-24-3)16-13(15(19)22)9-12-5-4-6-14(12)20-16/h9,23H,4-8,10-11H2,1-3H3,(H2,19,22). The van der Waals surface area contributed by atoms with Gasteiger partial charge >= 0.3 is 0 Å².